The van der Waals surface area contributed by atoms with Gasteiger partial charge in [-0.1, -0.05) is 0 Å². The van der Waals surface area contributed by atoms with Crippen LogP contribution in [0.3, 0.4) is 0 Å². The summed E-state index contributed by atoms with van der Waals surface area (Å²) in [7, 11) is 1.96. The predicted octanol–water partition coefficient (Wildman–Crippen LogP) is 0.165. The lowest BCUT2D eigenvalue weighted by atomic mass is 10.1. The Hall–Kier alpha value is -0.410. The Morgan fingerprint density at radius 3 is 2.30 bits per heavy atom. The monoisotopic (exact) mass is 140 g/mol. The first-order chi connectivity index (χ1) is 4.79. The highest BCUT2D eigenvalue weighted by molar-refractivity contribution is 5.32. The summed E-state index contributed by atoms with van der Waals surface area (Å²) in [6, 6.07) is 0. The zero-order chi connectivity index (χ0) is 7.24. The Bertz CT molecular complexity index is 170. The molecule has 2 fully saturated rings. The molecule has 0 bridgehead atoms. The molecular formula is C7H12N2O. The Labute approximate surface area is 60.5 Å². The molecule has 1 aliphatic carbocycles. The van der Waals surface area contributed by atoms with Crippen molar-refractivity contribution in [3.8, 4) is 0 Å². The van der Waals surface area contributed by atoms with Crippen LogP contribution in [0.2, 0.25) is 0 Å². The SMILES string of the molecule is C=NC1(C2(NC)CC2)CO1. The number of rotatable bonds is 3. The molecule has 3 nitrogen and oxygen atoms in total. The number of nitrogens with one attached hydrogen (secondary N) is 1. The third-order valence-electron chi connectivity index (χ3n) is 2.65. The summed E-state index contributed by atoms with van der Waals surface area (Å²) in [5.74, 6) is 0. The molecule has 1 saturated heterocycles. The minimum absolute atomic E-state index is 0.148. The molecule has 0 aromatic heterocycles. The van der Waals surface area contributed by atoms with Gasteiger partial charge in [0.05, 0.1) is 5.54 Å². The summed E-state index contributed by atoms with van der Waals surface area (Å²) >= 11 is 0. The van der Waals surface area contributed by atoms with Crippen molar-refractivity contribution in [1.29, 1.82) is 0 Å². The van der Waals surface area contributed by atoms with Crippen LogP contribution in [0.1, 0.15) is 12.8 Å². The van der Waals surface area contributed by atoms with E-state index in [9.17, 15) is 0 Å². The molecule has 0 aromatic carbocycles. The molecule has 1 aliphatic heterocycles. The maximum Gasteiger partial charge on any atom is 0.199 e. The molecule has 0 aromatic rings. The van der Waals surface area contributed by atoms with Crippen LogP contribution in [0.25, 0.3) is 0 Å². The Morgan fingerprint density at radius 2 is 2.20 bits per heavy atom. The Balaban J connectivity index is 2.17. The topological polar surface area (TPSA) is 36.9 Å². The van der Waals surface area contributed by atoms with Gasteiger partial charge in [-0.05, 0) is 26.6 Å². The Kier molecular flexibility index (Phi) is 1.01. The van der Waals surface area contributed by atoms with Crippen LogP contribution in [-0.2, 0) is 4.74 Å². The number of likely N-dealkylation sites (N-methyl/N-ethyl adjacent to an activating group) is 1. The van der Waals surface area contributed by atoms with E-state index < -0.39 is 0 Å². The number of aliphatic imine (C=N–C) groups is 1. The van der Waals surface area contributed by atoms with E-state index in [1.807, 2.05) is 7.05 Å². The van der Waals surface area contributed by atoms with Gasteiger partial charge in [-0.15, -0.1) is 0 Å². The van der Waals surface area contributed by atoms with Crippen molar-refractivity contribution >= 4 is 6.72 Å². The van der Waals surface area contributed by atoms with Crippen molar-refractivity contribution in [2.75, 3.05) is 13.7 Å². The summed E-state index contributed by atoms with van der Waals surface area (Å²) in [6.07, 6.45) is 2.34. The number of nitrogens with zero attached hydrogens (tertiary/aromatic N) is 1. The number of ether oxygens (including phenoxy) is 1. The minimum atomic E-state index is -0.248. The van der Waals surface area contributed by atoms with Gasteiger partial charge in [0.1, 0.15) is 6.61 Å². The summed E-state index contributed by atoms with van der Waals surface area (Å²) in [4.78, 5) is 4.00. The van der Waals surface area contributed by atoms with E-state index in [1.54, 1.807) is 0 Å². The minimum Gasteiger partial charge on any atom is -0.345 e. The lowest BCUT2D eigenvalue weighted by molar-refractivity contribution is 0.238. The molecule has 1 saturated carbocycles. The zero-order valence-corrected chi connectivity index (χ0v) is 6.18. The lowest BCUT2D eigenvalue weighted by Crippen LogP contribution is -2.41. The van der Waals surface area contributed by atoms with E-state index in [2.05, 4.69) is 17.0 Å². The molecule has 1 heterocycles. The first kappa shape index (κ1) is 6.31. The van der Waals surface area contributed by atoms with Crippen molar-refractivity contribution < 1.29 is 4.74 Å². The number of hydrogen-bond donors (Lipinski definition) is 1. The summed E-state index contributed by atoms with van der Waals surface area (Å²) < 4.78 is 5.27. The van der Waals surface area contributed by atoms with Crippen LogP contribution in [0, 0.1) is 0 Å². The lowest BCUT2D eigenvalue weighted by Gasteiger charge is -2.17. The van der Waals surface area contributed by atoms with Crippen molar-refractivity contribution in [1.82, 2.24) is 5.32 Å². The van der Waals surface area contributed by atoms with Gasteiger partial charge in [0, 0.05) is 0 Å². The molecule has 10 heavy (non-hydrogen) atoms. The second-order valence-corrected chi connectivity index (χ2v) is 3.06. The van der Waals surface area contributed by atoms with Crippen molar-refractivity contribution in [3.63, 3.8) is 0 Å². The third kappa shape index (κ3) is 0.545. The van der Waals surface area contributed by atoms with Gasteiger partial charge in [-0.3, -0.25) is 4.99 Å². The third-order valence-corrected chi connectivity index (χ3v) is 2.65. The normalized spacial score (nSPS) is 40.9. The zero-order valence-electron chi connectivity index (χ0n) is 6.18. The summed E-state index contributed by atoms with van der Waals surface area (Å²) in [5.41, 5.74) is -0.101. The Morgan fingerprint density at radius 1 is 1.60 bits per heavy atom. The van der Waals surface area contributed by atoms with Gasteiger partial charge in [-0.25, -0.2) is 0 Å². The molecule has 3 heteroatoms. The second-order valence-electron chi connectivity index (χ2n) is 3.06. The van der Waals surface area contributed by atoms with Crippen LogP contribution >= 0.6 is 0 Å². The van der Waals surface area contributed by atoms with Crippen LogP contribution < -0.4 is 5.32 Å². The molecule has 1 N–H and O–H groups in total. The fourth-order valence-electron chi connectivity index (χ4n) is 1.55. The van der Waals surface area contributed by atoms with Crippen LogP contribution in [-0.4, -0.2) is 31.6 Å². The van der Waals surface area contributed by atoms with E-state index >= 15 is 0 Å². The highest BCUT2D eigenvalue weighted by Crippen LogP contribution is 2.53. The molecule has 1 atom stereocenters. The fourth-order valence-corrected chi connectivity index (χ4v) is 1.55. The smallest absolute Gasteiger partial charge is 0.199 e. The highest BCUT2D eigenvalue weighted by Gasteiger charge is 2.67. The van der Waals surface area contributed by atoms with Gasteiger partial charge < -0.3 is 10.1 Å². The molecule has 2 rings (SSSR count). The number of epoxide rings is 1. The molecular weight excluding hydrogens is 128 g/mol. The maximum absolute atomic E-state index is 5.27. The van der Waals surface area contributed by atoms with E-state index in [1.165, 1.54) is 12.8 Å². The molecule has 0 amide bonds. The maximum atomic E-state index is 5.27. The van der Waals surface area contributed by atoms with Crippen LogP contribution in [0.5, 0.6) is 0 Å². The quantitative estimate of drug-likeness (QED) is 0.448. The molecule has 2 aliphatic rings. The second kappa shape index (κ2) is 1.60. The molecule has 0 spiro atoms. The van der Waals surface area contributed by atoms with E-state index in [0.717, 1.165) is 6.61 Å². The highest BCUT2D eigenvalue weighted by atomic mass is 16.6. The summed E-state index contributed by atoms with van der Waals surface area (Å²) in [6.45, 7) is 4.28. The van der Waals surface area contributed by atoms with Crippen LogP contribution in [0.15, 0.2) is 4.99 Å². The predicted molar refractivity (Wildman–Crippen MR) is 39.3 cm³/mol. The first-order valence-electron chi connectivity index (χ1n) is 3.59. The van der Waals surface area contributed by atoms with E-state index in [-0.39, 0.29) is 11.3 Å². The van der Waals surface area contributed by atoms with Gasteiger partial charge >= 0.3 is 0 Å². The number of hydrogen-bond acceptors (Lipinski definition) is 3. The largest absolute Gasteiger partial charge is 0.345 e. The summed E-state index contributed by atoms with van der Waals surface area (Å²) in [5, 5.41) is 3.25. The van der Waals surface area contributed by atoms with E-state index in [4.69, 9.17) is 4.74 Å². The average Bonchev–Trinajstić information content (AvgIpc) is 2.84. The van der Waals surface area contributed by atoms with Gasteiger partial charge in [0.25, 0.3) is 0 Å². The van der Waals surface area contributed by atoms with E-state index in [0.29, 0.717) is 0 Å². The van der Waals surface area contributed by atoms with Crippen LogP contribution in [0.4, 0.5) is 0 Å². The van der Waals surface area contributed by atoms with Crippen molar-refractivity contribution in [3.05, 3.63) is 0 Å². The van der Waals surface area contributed by atoms with Crippen molar-refractivity contribution in [2.24, 2.45) is 4.99 Å². The van der Waals surface area contributed by atoms with Gasteiger partial charge in [-0.2, -0.15) is 0 Å². The molecule has 0 radical (unpaired) electrons. The van der Waals surface area contributed by atoms with Gasteiger partial charge in [0.2, 0.25) is 0 Å². The standard InChI is InChI=1S/C7H12N2O/c1-8-6(3-4-6)7(9-2)5-10-7/h8H,2-5H2,1H3. The molecule has 1 unspecified atom stereocenters. The fraction of sp³-hybridized carbons (Fsp3) is 0.857. The first-order valence-corrected chi connectivity index (χ1v) is 3.59. The molecule has 56 valence electrons. The van der Waals surface area contributed by atoms with Gasteiger partial charge in [0.15, 0.2) is 5.72 Å². The van der Waals surface area contributed by atoms with Crippen molar-refractivity contribution in [2.45, 2.75) is 24.1 Å². The average molecular weight is 140 g/mol.